The summed E-state index contributed by atoms with van der Waals surface area (Å²) in [5.41, 5.74) is 5.65. The third kappa shape index (κ3) is 4.53. The first-order valence-electron chi connectivity index (χ1n) is 7.21. The standard InChI is InChI=1S/C16H22BrN3S/c1-4-7-18-9-13-8-14(17)5-6-15(13)20(3)10-16-12(2)19-11-21-16/h5-6,8,11,18H,4,7,9-10H2,1-3H3. The van der Waals surface area contributed by atoms with Crippen molar-refractivity contribution in [2.45, 2.75) is 33.4 Å². The fraction of sp³-hybridized carbons (Fsp3) is 0.438. The number of nitrogens with zero attached hydrogens (tertiary/aromatic N) is 2. The van der Waals surface area contributed by atoms with Crippen LogP contribution in [0.3, 0.4) is 0 Å². The number of rotatable bonds is 7. The topological polar surface area (TPSA) is 28.2 Å². The van der Waals surface area contributed by atoms with Gasteiger partial charge in [-0.25, -0.2) is 4.98 Å². The first kappa shape index (κ1) is 16.5. The fourth-order valence-corrected chi connectivity index (χ4v) is 3.48. The summed E-state index contributed by atoms with van der Waals surface area (Å²) in [6.07, 6.45) is 1.15. The molecule has 0 aliphatic rings. The zero-order valence-electron chi connectivity index (χ0n) is 12.8. The lowest BCUT2D eigenvalue weighted by atomic mass is 10.1. The highest BCUT2D eigenvalue weighted by molar-refractivity contribution is 9.10. The summed E-state index contributed by atoms with van der Waals surface area (Å²) in [5.74, 6) is 0. The molecule has 0 bridgehead atoms. The predicted octanol–water partition coefficient (Wildman–Crippen LogP) is 4.35. The SMILES string of the molecule is CCCNCc1cc(Br)ccc1N(C)Cc1scnc1C. The molecule has 3 nitrogen and oxygen atoms in total. The van der Waals surface area contributed by atoms with Crippen molar-refractivity contribution < 1.29 is 0 Å². The molecule has 1 N–H and O–H groups in total. The van der Waals surface area contributed by atoms with Gasteiger partial charge in [0.1, 0.15) is 0 Å². The average molecular weight is 368 g/mol. The number of nitrogens with one attached hydrogen (secondary N) is 1. The van der Waals surface area contributed by atoms with Crippen molar-refractivity contribution in [2.24, 2.45) is 0 Å². The maximum absolute atomic E-state index is 4.33. The van der Waals surface area contributed by atoms with Crippen molar-refractivity contribution in [2.75, 3.05) is 18.5 Å². The van der Waals surface area contributed by atoms with E-state index in [9.17, 15) is 0 Å². The molecular weight excluding hydrogens is 346 g/mol. The zero-order valence-corrected chi connectivity index (χ0v) is 15.2. The van der Waals surface area contributed by atoms with E-state index in [0.29, 0.717) is 0 Å². The van der Waals surface area contributed by atoms with Crippen LogP contribution in [0.5, 0.6) is 0 Å². The van der Waals surface area contributed by atoms with Gasteiger partial charge in [0.05, 0.1) is 17.7 Å². The summed E-state index contributed by atoms with van der Waals surface area (Å²) in [4.78, 5) is 7.96. The molecule has 0 amide bonds. The van der Waals surface area contributed by atoms with Gasteiger partial charge in [-0.2, -0.15) is 0 Å². The predicted molar refractivity (Wildman–Crippen MR) is 95.1 cm³/mol. The van der Waals surface area contributed by atoms with Gasteiger partial charge in [-0.05, 0) is 43.7 Å². The number of hydrogen-bond donors (Lipinski definition) is 1. The summed E-state index contributed by atoms with van der Waals surface area (Å²) in [6, 6.07) is 6.49. The normalized spacial score (nSPS) is 10.9. The highest BCUT2D eigenvalue weighted by Gasteiger charge is 2.11. The molecule has 0 radical (unpaired) electrons. The van der Waals surface area contributed by atoms with Gasteiger partial charge < -0.3 is 10.2 Å². The van der Waals surface area contributed by atoms with Crippen LogP contribution in [-0.4, -0.2) is 18.6 Å². The van der Waals surface area contributed by atoms with E-state index in [4.69, 9.17) is 0 Å². The first-order valence-corrected chi connectivity index (χ1v) is 8.88. The molecule has 2 rings (SSSR count). The van der Waals surface area contributed by atoms with Crippen molar-refractivity contribution in [1.29, 1.82) is 0 Å². The summed E-state index contributed by atoms with van der Waals surface area (Å²) < 4.78 is 1.13. The maximum atomic E-state index is 4.33. The second-order valence-electron chi connectivity index (χ2n) is 5.17. The smallest absolute Gasteiger partial charge is 0.0798 e. The van der Waals surface area contributed by atoms with E-state index in [-0.39, 0.29) is 0 Å². The Bertz CT molecular complexity index is 583. The minimum Gasteiger partial charge on any atom is -0.369 e. The Morgan fingerprint density at radius 2 is 2.19 bits per heavy atom. The summed E-state index contributed by atoms with van der Waals surface area (Å²) in [5, 5.41) is 3.49. The highest BCUT2D eigenvalue weighted by Crippen LogP contribution is 2.26. The van der Waals surface area contributed by atoms with Gasteiger partial charge in [0, 0.05) is 28.6 Å². The lowest BCUT2D eigenvalue weighted by Gasteiger charge is -2.22. The molecule has 0 atom stereocenters. The van der Waals surface area contributed by atoms with Crippen LogP contribution in [0.2, 0.25) is 0 Å². The molecule has 5 heteroatoms. The molecule has 0 saturated heterocycles. The number of benzene rings is 1. The second-order valence-corrected chi connectivity index (χ2v) is 7.02. The van der Waals surface area contributed by atoms with E-state index in [0.717, 1.165) is 36.2 Å². The average Bonchev–Trinajstić information content (AvgIpc) is 2.84. The van der Waals surface area contributed by atoms with Gasteiger partial charge in [0.25, 0.3) is 0 Å². The molecular formula is C16H22BrN3S. The zero-order chi connectivity index (χ0) is 15.2. The van der Waals surface area contributed by atoms with E-state index < -0.39 is 0 Å². The number of hydrogen-bond acceptors (Lipinski definition) is 4. The van der Waals surface area contributed by atoms with Crippen LogP contribution in [0.1, 0.15) is 29.5 Å². The minimum absolute atomic E-state index is 0.897. The van der Waals surface area contributed by atoms with Crippen LogP contribution in [0.15, 0.2) is 28.2 Å². The highest BCUT2D eigenvalue weighted by atomic mass is 79.9. The van der Waals surface area contributed by atoms with E-state index in [1.54, 1.807) is 11.3 Å². The van der Waals surface area contributed by atoms with Gasteiger partial charge in [0.15, 0.2) is 0 Å². The molecule has 1 aromatic carbocycles. The molecule has 21 heavy (non-hydrogen) atoms. The van der Waals surface area contributed by atoms with Gasteiger partial charge in [-0.3, -0.25) is 0 Å². The van der Waals surface area contributed by atoms with Gasteiger partial charge >= 0.3 is 0 Å². The number of halogens is 1. The largest absolute Gasteiger partial charge is 0.369 e. The Hall–Kier alpha value is -0.910. The maximum Gasteiger partial charge on any atom is 0.0798 e. The molecule has 1 aromatic heterocycles. The summed E-state index contributed by atoms with van der Waals surface area (Å²) >= 11 is 5.30. The van der Waals surface area contributed by atoms with Gasteiger partial charge in [0.2, 0.25) is 0 Å². The molecule has 0 fully saturated rings. The Balaban J connectivity index is 2.15. The van der Waals surface area contributed by atoms with Crippen LogP contribution in [-0.2, 0) is 13.1 Å². The molecule has 0 saturated carbocycles. The lowest BCUT2D eigenvalue weighted by Crippen LogP contribution is -2.21. The Morgan fingerprint density at radius 3 is 2.86 bits per heavy atom. The summed E-state index contributed by atoms with van der Waals surface area (Å²) in [6.45, 7) is 7.11. The van der Waals surface area contributed by atoms with Crippen molar-refractivity contribution in [3.63, 3.8) is 0 Å². The third-order valence-corrected chi connectivity index (χ3v) is 4.83. The molecule has 1 heterocycles. The molecule has 0 spiro atoms. The minimum atomic E-state index is 0.897. The molecule has 0 aliphatic carbocycles. The van der Waals surface area contributed by atoms with E-state index >= 15 is 0 Å². The van der Waals surface area contributed by atoms with Gasteiger partial charge in [-0.1, -0.05) is 22.9 Å². The molecule has 114 valence electrons. The lowest BCUT2D eigenvalue weighted by molar-refractivity contribution is 0.673. The Morgan fingerprint density at radius 1 is 1.38 bits per heavy atom. The molecule has 0 aliphatic heterocycles. The Labute approximate surface area is 139 Å². The quantitative estimate of drug-likeness (QED) is 0.737. The van der Waals surface area contributed by atoms with Crippen molar-refractivity contribution in [3.8, 4) is 0 Å². The fourth-order valence-electron chi connectivity index (χ4n) is 2.25. The van der Waals surface area contributed by atoms with E-state index in [2.05, 4.69) is 70.2 Å². The number of aromatic nitrogens is 1. The Kier molecular flexibility index (Phi) is 6.21. The van der Waals surface area contributed by atoms with Crippen LogP contribution < -0.4 is 10.2 Å². The third-order valence-electron chi connectivity index (χ3n) is 3.42. The van der Waals surface area contributed by atoms with Crippen LogP contribution in [0.4, 0.5) is 5.69 Å². The number of thiazole rings is 1. The molecule has 0 unspecified atom stereocenters. The second kappa shape index (κ2) is 7.92. The van der Waals surface area contributed by atoms with Crippen LogP contribution in [0, 0.1) is 6.92 Å². The van der Waals surface area contributed by atoms with Gasteiger partial charge in [-0.15, -0.1) is 11.3 Å². The van der Waals surface area contributed by atoms with E-state index in [1.165, 1.54) is 16.1 Å². The number of anilines is 1. The van der Waals surface area contributed by atoms with E-state index in [1.807, 2.05) is 5.51 Å². The first-order chi connectivity index (χ1) is 10.1. The van der Waals surface area contributed by atoms with Crippen LogP contribution in [0.25, 0.3) is 0 Å². The monoisotopic (exact) mass is 367 g/mol. The van der Waals surface area contributed by atoms with Crippen LogP contribution >= 0.6 is 27.3 Å². The van der Waals surface area contributed by atoms with Crippen molar-refractivity contribution in [1.82, 2.24) is 10.3 Å². The molecule has 2 aromatic rings. The number of aryl methyl sites for hydroxylation is 1. The van der Waals surface area contributed by atoms with Crippen molar-refractivity contribution in [3.05, 3.63) is 44.3 Å². The van der Waals surface area contributed by atoms with Crippen molar-refractivity contribution >= 4 is 33.0 Å². The summed E-state index contributed by atoms with van der Waals surface area (Å²) in [7, 11) is 2.14.